The lowest BCUT2D eigenvalue weighted by Crippen LogP contribution is -2.49. The third kappa shape index (κ3) is 1.61. The number of rotatable bonds is 1. The summed E-state index contributed by atoms with van der Waals surface area (Å²) in [4.78, 5) is 0. The van der Waals surface area contributed by atoms with E-state index in [4.69, 9.17) is 4.74 Å². The smallest absolute Gasteiger partial charge is 0.0879 e. The van der Waals surface area contributed by atoms with Crippen LogP contribution in [0.5, 0.6) is 0 Å². The Morgan fingerprint density at radius 3 is 2.71 bits per heavy atom. The van der Waals surface area contributed by atoms with E-state index in [1.54, 1.807) is 0 Å². The average Bonchev–Trinajstić information content (AvgIpc) is 3.04. The molecule has 96 valence electrons. The Hall–Kier alpha value is -0.340. The minimum absolute atomic E-state index is 0.297. The van der Waals surface area contributed by atoms with E-state index < -0.39 is 0 Å². The zero-order valence-electron chi connectivity index (χ0n) is 11.1. The summed E-state index contributed by atoms with van der Waals surface area (Å²) in [5.41, 5.74) is 1.04. The van der Waals surface area contributed by atoms with E-state index in [1.165, 1.54) is 6.42 Å². The van der Waals surface area contributed by atoms with E-state index in [2.05, 4.69) is 27.4 Å². The van der Waals surface area contributed by atoms with Crippen molar-refractivity contribution in [3.63, 3.8) is 0 Å². The van der Waals surface area contributed by atoms with Gasteiger partial charge in [-0.15, -0.1) is 0 Å². The zero-order valence-corrected chi connectivity index (χ0v) is 11.1. The maximum atomic E-state index is 10.5. The van der Waals surface area contributed by atoms with E-state index in [0.717, 1.165) is 12.0 Å². The van der Waals surface area contributed by atoms with Crippen LogP contribution in [0.1, 0.15) is 33.6 Å². The molecule has 0 aromatic heterocycles. The minimum atomic E-state index is -0.297. The summed E-state index contributed by atoms with van der Waals surface area (Å²) in [7, 11) is 0. The van der Waals surface area contributed by atoms with Crippen LogP contribution in [-0.2, 0) is 4.74 Å². The van der Waals surface area contributed by atoms with Crippen molar-refractivity contribution in [2.24, 2.45) is 29.6 Å². The Bertz CT molecular complexity index is 336. The van der Waals surface area contributed by atoms with Crippen molar-refractivity contribution in [1.29, 1.82) is 0 Å². The summed E-state index contributed by atoms with van der Waals surface area (Å²) in [5, 5.41) is 10.5. The molecule has 1 heterocycles. The molecule has 0 aromatic carbocycles. The van der Waals surface area contributed by atoms with Crippen LogP contribution in [0.15, 0.2) is 12.2 Å². The molecule has 1 N–H and O–H groups in total. The Morgan fingerprint density at radius 2 is 2.06 bits per heavy atom. The molecular formula is C15H24O2. The van der Waals surface area contributed by atoms with Crippen molar-refractivity contribution in [1.82, 2.24) is 0 Å². The number of hydrogen-bond acceptors (Lipinski definition) is 2. The molecule has 1 aliphatic heterocycles. The second-order valence-corrected chi connectivity index (χ2v) is 6.63. The molecule has 0 bridgehead atoms. The van der Waals surface area contributed by atoms with E-state index in [0.29, 0.717) is 41.8 Å². The molecule has 7 unspecified atom stereocenters. The second-order valence-electron chi connectivity index (χ2n) is 6.63. The van der Waals surface area contributed by atoms with Crippen LogP contribution in [0, 0.1) is 29.6 Å². The molecule has 3 rings (SSSR count). The van der Waals surface area contributed by atoms with Gasteiger partial charge < -0.3 is 9.84 Å². The van der Waals surface area contributed by atoms with Gasteiger partial charge in [0.25, 0.3) is 0 Å². The Balaban J connectivity index is 1.93. The van der Waals surface area contributed by atoms with Crippen molar-refractivity contribution in [3.8, 4) is 0 Å². The number of aliphatic hydroxyl groups is 1. The largest absolute Gasteiger partial charge is 0.388 e. The van der Waals surface area contributed by atoms with Gasteiger partial charge in [-0.2, -0.15) is 0 Å². The van der Waals surface area contributed by atoms with E-state index in [1.807, 2.05) is 0 Å². The first-order valence-electron chi connectivity index (χ1n) is 7.03. The van der Waals surface area contributed by atoms with Gasteiger partial charge in [0.1, 0.15) is 0 Å². The first kappa shape index (κ1) is 11.7. The van der Waals surface area contributed by atoms with Gasteiger partial charge in [-0.1, -0.05) is 27.4 Å². The molecule has 1 saturated heterocycles. The topological polar surface area (TPSA) is 32.8 Å². The maximum absolute atomic E-state index is 10.5. The first-order valence-corrected chi connectivity index (χ1v) is 7.03. The van der Waals surface area contributed by atoms with E-state index >= 15 is 0 Å². The number of aliphatic hydroxyl groups excluding tert-OH is 1. The molecule has 0 aromatic rings. The van der Waals surface area contributed by atoms with Crippen LogP contribution in [0.4, 0.5) is 0 Å². The van der Waals surface area contributed by atoms with Gasteiger partial charge in [-0.05, 0) is 48.0 Å². The molecule has 2 nitrogen and oxygen atoms in total. The second kappa shape index (κ2) is 3.83. The average molecular weight is 236 g/mol. The van der Waals surface area contributed by atoms with Crippen LogP contribution >= 0.6 is 0 Å². The van der Waals surface area contributed by atoms with Crippen molar-refractivity contribution in [3.05, 3.63) is 12.2 Å². The predicted molar refractivity (Wildman–Crippen MR) is 67.5 cm³/mol. The summed E-state index contributed by atoms with van der Waals surface area (Å²) < 4.78 is 5.90. The van der Waals surface area contributed by atoms with Gasteiger partial charge in [-0.25, -0.2) is 0 Å². The van der Waals surface area contributed by atoms with Gasteiger partial charge in [0.15, 0.2) is 0 Å². The molecule has 0 spiro atoms. The summed E-state index contributed by atoms with van der Waals surface area (Å²) in [6.07, 6.45) is 2.77. The summed E-state index contributed by atoms with van der Waals surface area (Å²) >= 11 is 0. The molecule has 3 fully saturated rings. The Labute approximate surface area is 104 Å². The van der Waals surface area contributed by atoms with Gasteiger partial charge >= 0.3 is 0 Å². The highest BCUT2D eigenvalue weighted by atomic mass is 16.6. The van der Waals surface area contributed by atoms with E-state index in [9.17, 15) is 5.11 Å². The maximum Gasteiger partial charge on any atom is 0.0879 e. The number of epoxide rings is 1. The lowest BCUT2D eigenvalue weighted by atomic mass is 9.57. The van der Waals surface area contributed by atoms with Crippen molar-refractivity contribution >= 4 is 0 Å². The number of fused-ring (bicyclic) bond motifs is 2. The van der Waals surface area contributed by atoms with Gasteiger partial charge in [0.05, 0.1) is 18.3 Å². The van der Waals surface area contributed by atoms with E-state index in [-0.39, 0.29) is 6.10 Å². The fourth-order valence-corrected chi connectivity index (χ4v) is 4.46. The quantitative estimate of drug-likeness (QED) is 0.561. The fourth-order valence-electron chi connectivity index (χ4n) is 4.46. The molecule has 2 heteroatoms. The summed E-state index contributed by atoms with van der Waals surface area (Å²) in [6, 6.07) is 0. The Morgan fingerprint density at radius 1 is 1.35 bits per heavy atom. The summed E-state index contributed by atoms with van der Waals surface area (Å²) in [5.74, 6) is 2.74. The molecular weight excluding hydrogens is 212 g/mol. The zero-order chi connectivity index (χ0) is 12.3. The minimum Gasteiger partial charge on any atom is -0.388 e. The summed E-state index contributed by atoms with van der Waals surface area (Å²) in [6.45, 7) is 10.9. The van der Waals surface area contributed by atoms with Crippen LogP contribution < -0.4 is 0 Å². The van der Waals surface area contributed by atoms with Crippen LogP contribution in [0.25, 0.3) is 0 Å². The van der Waals surface area contributed by atoms with Crippen LogP contribution in [-0.4, -0.2) is 23.4 Å². The molecule has 0 amide bonds. The third-order valence-electron chi connectivity index (χ3n) is 5.42. The standard InChI is InChI=1S/C15H24O2/c1-7(2)11-12-10(6-5-8(3)13(12)16)9(4)14-15(11)17-14/h7,9-16H,3,5-6H2,1-2,4H3. The molecule has 7 atom stereocenters. The highest BCUT2D eigenvalue weighted by Gasteiger charge is 2.61. The van der Waals surface area contributed by atoms with Crippen molar-refractivity contribution < 1.29 is 9.84 Å². The van der Waals surface area contributed by atoms with Crippen LogP contribution in [0.3, 0.4) is 0 Å². The third-order valence-corrected chi connectivity index (χ3v) is 5.42. The van der Waals surface area contributed by atoms with Crippen molar-refractivity contribution in [2.75, 3.05) is 0 Å². The number of ether oxygens (including phenoxy) is 1. The predicted octanol–water partition coefficient (Wildman–Crippen LogP) is 2.62. The Kier molecular flexibility index (Phi) is 2.64. The molecule has 2 aliphatic carbocycles. The number of hydrogen-bond donors (Lipinski definition) is 1. The van der Waals surface area contributed by atoms with Crippen LogP contribution in [0.2, 0.25) is 0 Å². The van der Waals surface area contributed by atoms with Gasteiger partial charge in [0, 0.05) is 0 Å². The SMILES string of the molecule is C=C1CCC2C(C)C3OC3C(C(C)C)C2C1O. The molecule has 0 radical (unpaired) electrons. The molecule has 3 aliphatic rings. The monoisotopic (exact) mass is 236 g/mol. The highest BCUT2D eigenvalue weighted by molar-refractivity contribution is 5.17. The lowest BCUT2D eigenvalue weighted by Gasteiger charge is -2.47. The fraction of sp³-hybridized carbons (Fsp3) is 0.867. The molecule has 2 saturated carbocycles. The first-order chi connectivity index (χ1) is 8.02. The normalized spacial score (nSPS) is 53.2. The molecule has 17 heavy (non-hydrogen) atoms. The van der Waals surface area contributed by atoms with Crippen molar-refractivity contribution in [2.45, 2.75) is 51.9 Å². The highest BCUT2D eigenvalue weighted by Crippen LogP contribution is 2.57. The lowest BCUT2D eigenvalue weighted by molar-refractivity contribution is -0.0187. The van der Waals surface area contributed by atoms with Gasteiger partial charge in [-0.3, -0.25) is 0 Å². The van der Waals surface area contributed by atoms with Gasteiger partial charge in [0.2, 0.25) is 0 Å².